The highest BCUT2D eigenvalue weighted by molar-refractivity contribution is 14.1. The Labute approximate surface area is 164 Å². The largest absolute Gasteiger partial charge is 0.364 e. The van der Waals surface area contributed by atoms with Gasteiger partial charge in [0.25, 0.3) is 0 Å². The Kier molecular flexibility index (Phi) is 5.30. The van der Waals surface area contributed by atoms with E-state index in [1.807, 2.05) is 28.8 Å². The van der Waals surface area contributed by atoms with E-state index in [-0.39, 0.29) is 6.23 Å². The second-order valence-corrected chi connectivity index (χ2v) is 7.45. The van der Waals surface area contributed by atoms with Gasteiger partial charge >= 0.3 is 6.08 Å². The van der Waals surface area contributed by atoms with E-state index in [0.717, 1.165) is 34.8 Å². The Bertz CT molecular complexity index is 908. The van der Waals surface area contributed by atoms with Crippen molar-refractivity contribution < 1.29 is 9.13 Å². The van der Waals surface area contributed by atoms with Crippen molar-refractivity contribution in [2.45, 2.75) is 38.5 Å². The quantitative estimate of drug-likeness (QED) is 0.459. The van der Waals surface area contributed by atoms with Gasteiger partial charge in [0.15, 0.2) is 17.0 Å². The molecule has 3 aromatic rings. The van der Waals surface area contributed by atoms with Crippen molar-refractivity contribution in [3.05, 3.63) is 45.8 Å². The van der Waals surface area contributed by atoms with E-state index in [2.05, 4.69) is 42.9 Å². The Hall–Kier alpha value is -1.81. The maximum atomic E-state index is 14.1. The first kappa shape index (κ1) is 17.6. The van der Waals surface area contributed by atoms with E-state index in [4.69, 9.17) is 4.74 Å². The van der Waals surface area contributed by atoms with E-state index in [1.165, 1.54) is 0 Å². The number of imidazole rings is 1. The number of nitrogens with zero attached hydrogens (tertiary/aromatic N) is 4. The molecule has 0 saturated carbocycles. The summed E-state index contributed by atoms with van der Waals surface area (Å²) in [6.45, 7) is 1.24. The molecule has 1 aromatic carbocycles. The summed E-state index contributed by atoms with van der Waals surface area (Å²) in [5.41, 5.74) is 2.15. The first-order valence-electron chi connectivity index (χ1n) is 8.71. The molecule has 1 saturated heterocycles. The molecular formula is C18H19FIN5O. The minimum absolute atomic E-state index is 0.153. The fourth-order valence-corrected chi connectivity index (χ4v) is 3.74. The molecule has 2 aromatic heterocycles. The Morgan fingerprint density at radius 1 is 1.23 bits per heavy atom. The molecule has 0 spiro atoms. The molecule has 4 rings (SSSR count). The summed E-state index contributed by atoms with van der Waals surface area (Å²) in [5.74, 6) is 0.402. The Morgan fingerprint density at radius 2 is 2.12 bits per heavy atom. The van der Waals surface area contributed by atoms with Crippen LogP contribution in [0, 0.1) is 9.65 Å². The van der Waals surface area contributed by atoms with Gasteiger partial charge in [-0.2, -0.15) is 14.4 Å². The summed E-state index contributed by atoms with van der Waals surface area (Å²) in [4.78, 5) is 12.3. The van der Waals surface area contributed by atoms with Crippen LogP contribution in [0.15, 0.2) is 30.6 Å². The van der Waals surface area contributed by atoms with E-state index >= 15 is 0 Å². The minimum Gasteiger partial charge on any atom is -0.364 e. The number of aromatic nitrogens is 4. The van der Waals surface area contributed by atoms with Crippen LogP contribution in [0.2, 0.25) is 0 Å². The molecule has 0 bridgehead atoms. The molecule has 136 valence electrons. The molecule has 8 heteroatoms. The van der Waals surface area contributed by atoms with Crippen LogP contribution < -0.4 is 5.32 Å². The van der Waals surface area contributed by atoms with Gasteiger partial charge in [-0.1, -0.05) is 24.6 Å². The van der Waals surface area contributed by atoms with E-state index in [0.29, 0.717) is 30.1 Å². The summed E-state index contributed by atoms with van der Waals surface area (Å²) >= 11 is 2.28. The molecule has 1 aliphatic heterocycles. The van der Waals surface area contributed by atoms with Gasteiger partial charge in [-0.15, -0.1) is 0 Å². The number of nitrogens with one attached hydrogen (secondary N) is 1. The number of hydrogen-bond donors (Lipinski definition) is 1. The maximum Gasteiger partial charge on any atom is 0.312 e. The number of halogens is 2. The highest BCUT2D eigenvalue weighted by atomic mass is 127. The summed E-state index contributed by atoms with van der Waals surface area (Å²) in [7, 11) is 0. The fourth-order valence-electron chi connectivity index (χ4n) is 3.16. The second kappa shape index (κ2) is 7.83. The van der Waals surface area contributed by atoms with Crippen molar-refractivity contribution in [3.63, 3.8) is 0 Å². The first-order valence-corrected chi connectivity index (χ1v) is 9.79. The van der Waals surface area contributed by atoms with Crippen molar-refractivity contribution in [1.82, 2.24) is 19.5 Å². The normalized spacial score (nSPS) is 18.0. The van der Waals surface area contributed by atoms with Crippen LogP contribution in [0.1, 0.15) is 37.5 Å². The minimum atomic E-state index is -0.766. The van der Waals surface area contributed by atoms with Crippen molar-refractivity contribution in [2.24, 2.45) is 0 Å². The summed E-state index contributed by atoms with van der Waals surface area (Å²) in [6.07, 6.45) is 4.91. The Balaban J connectivity index is 1.64. The van der Waals surface area contributed by atoms with Gasteiger partial charge in [-0.3, -0.25) is 4.57 Å². The third kappa shape index (κ3) is 3.66. The van der Waals surface area contributed by atoms with Crippen LogP contribution in [0.25, 0.3) is 11.2 Å². The lowest BCUT2D eigenvalue weighted by Gasteiger charge is -2.17. The van der Waals surface area contributed by atoms with E-state index in [9.17, 15) is 4.39 Å². The molecule has 0 aliphatic carbocycles. The van der Waals surface area contributed by atoms with Crippen LogP contribution in [-0.4, -0.2) is 26.1 Å². The van der Waals surface area contributed by atoms with Crippen LogP contribution >= 0.6 is 22.6 Å². The molecule has 1 atom stereocenters. The SMILES string of the molecule is Fc1nc(NCc2ccccc2I)c2ncn(C3CCCCCO3)c2n1. The molecule has 26 heavy (non-hydrogen) atoms. The van der Waals surface area contributed by atoms with Crippen LogP contribution in [0.3, 0.4) is 0 Å². The van der Waals surface area contributed by atoms with Gasteiger partial charge in [0.2, 0.25) is 0 Å². The molecule has 1 N–H and O–H groups in total. The summed E-state index contributed by atoms with van der Waals surface area (Å²) in [6, 6.07) is 8.03. The lowest BCUT2D eigenvalue weighted by molar-refractivity contribution is 0.00928. The van der Waals surface area contributed by atoms with Gasteiger partial charge in [0.1, 0.15) is 6.23 Å². The highest BCUT2D eigenvalue weighted by Crippen LogP contribution is 2.27. The second-order valence-electron chi connectivity index (χ2n) is 6.29. The predicted octanol–water partition coefficient (Wildman–Crippen LogP) is 4.27. The third-order valence-corrected chi connectivity index (χ3v) is 5.57. The first-order chi connectivity index (χ1) is 12.7. The van der Waals surface area contributed by atoms with Gasteiger partial charge < -0.3 is 10.1 Å². The van der Waals surface area contributed by atoms with Gasteiger partial charge in [-0.25, -0.2) is 4.98 Å². The van der Waals surface area contributed by atoms with Crippen molar-refractivity contribution in [1.29, 1.82) is 0 Å². The predicted molar refractivity (Wildman–Crippen MR) is 105 cm³/mol. The van der Waals surface area contributed by atoms with Crippen molar-refractivity contribution >= 4 is 39.6 Å². The van der Waals surface area contributed by atoms with Crippen molar-refractivity contribution in [3.8, 4) is 0 Å². The zero-order chi connectivity index (χ0) is 17.9. The lowest BCUT2D eigenvalue weighted by atomic mass is 10.2. The van der Waals surface area contributed by atoms with Crippen LogP contribution in [0.4, 0.5) is 10.2 Å². The Morgan fingerprint density at radius 3 is 3.00 bits per heavy atom. The van der Waals surface area contributed by atoms with Gasteiger partial charge in [0, 0.05) is 16.7 Å². The highest BCUT2D eigenvalue weighted by Gasteiger charge is 2.20. The third-order valence-electron chi connectivity index (χ3n) is 4.51. The van der Waals surface area contributed by atoms with Crippen molar-refractivity contribution in [2.75, 3.05) is 11.9 Å². The molecule has 1 fully saturated rings. The number of anilines is 1. The smallest absolute Gasteiger partial charge is 0.312 e. The molecule has 6 nitrogen and oxygen atoms in total. The molecular weight excluding hydrogens is 448 g/mol. The van der Waals surface area contributed by atoms with E-state index < -0.39 is 6.08 Å². The van der Waals surface area contributed by atoms with E-state index in [1.54, 1.807) is 6.33 Å². The number of ether oxygens (including phenoxy) is 1. The average molecular weight is 467 g/mol. The molecule has 1 aliphatic rings. The molecule has 3 heterocycles. The number of fused-ring (bicyclic) bond motifs is 1. The molecule has 0 radical (unpaired) electrons. The number of rotatable bonds is 4. The topological polar surface area (TPSA) is 64.9 Å². The number of hydrogen-bond acceptors (Lipinski definition) is 5. The van der Waals surface area contributed by atoms with Gasteiger partial charge in [-0.05, 0) is 53.5 Å². The van der Waals surface area contributed by atoms with Crippen LogP contribution in [-0.2, 0) is 11.3 Å². The zero-order valence-electron chi connectivity index (χ0n) is 14.2. The molecule has 0 amide bonds. The average Bonchev–Trinajstić information content (AvgIpc) is 2.87. The standard InChI is InChI=1S/C18H19FIN5O/c19-18-23-16(21-10-12-6-3-4-7-13(12)20)15-17(24-18)25(11-22-15)14-8-2-1-5-9-26-14/h3-4,6-7,11,14H,1-2,5,8-10H2,(H,21,23,24). The van der Waals surface area contributed by atoms with Crippen LogP contribution in [0.5, 0.6) is 0 Å². The van der Waals surface area contributed by atoms with Gasteiger partial charge in [0.05, 0.1) is 6.33 Å². The number of benzene rings is 1. The summed E-state index contributed by atoms with van der Waals surface area (Å²) < 4.78 is 22.9. The summed E-state index contributed by atoms with van der Waals surface area (Å²) in [5, 5.41) is 3.20. The maximum absolute atomic E-state index is 14.1. The lowest BCUT2D eigenvalue weighted by Crippen LogP contribution is -2.12. The molecule has 1 unspecified atom stereocenters. The fraction of sp³-hybridized carbons (Fsp3) is 0.389. The monoisotopic (exact) mass is 467 g/mol. The zero-order valence-corrected chi connectivity index (χ0v) is 16.3.